The Hall–Kier alpha value is -2.13. The summed E-state index contributed by atoms with van der Waals surface area (Å²) in [5.41, 5.74) is 0. The van der Waals surface area contributed by atoms with E-state index in [0.717, 1.165) is 50.9 Å². The van der Waals surface area contributed by atoms with Gasteiger partial charge in [-0.3, -0.25) is 4.79 Å². The van der Waals surface area contributed by atoms with Gasteiger partial charge in [-0.25, -0.2) is 4.98 Å². The van der Waals surface area contributed by atoms with Gasteiger partial charge in [-0.1, -0.05) is 6.07 Å². The molecule has 1 aliphatic heterocycles. The van der Waals surface area contributed by atoms with Crippen LogP contribution in [-0.4, -0.2) is 47.0 Å². The number of pyridine rings is 1. The van der Waals surface area contributed by atoms with E-state index in [-0.39, 0.29) is 11.9 Å². The van der Waals surface area contributed by atoms with Crippen molar-refractivity contribution in [1.82, 2.24) is 15.2 Å². The van der Waals surface area contributed by atoms with Crippen LogP contribution in [0.2, 0.25) is 0 Å². The number of rotatable bonds is 5. The fourth-order valence-electron chi connectivity index (χ4n) is 3.63. The average molecular weight is 327 g/mol. The number of anilines is 1. The van der Waals surface area contributed by atoms with Gasteiger partial charge in [0.2, 0.25) is 5.91 Å². The number of nitrogens with one attached hydrogen (secondary N) is 2. The van der Waals surface area contributed by atoms with Crippen molar-refractivity contribution in [3.63, 3.8) is 0 Å². The number of nitriles is 1. The molecule has 2 N–H and O–H groups in total. The Morgan fingerprint density at radius 2 is 2.04 bits per heavy atom. The first kappa shape index (κ1) is 16.7. The Balaban J connectivity index is 1.38. The predicted molar refractivity (Wildman–Crippen MR) is 92.3 cm³/mol. The Morgan fingerprint density at radius 1 is 1.25 bits per heavy atom. The number of aromatic nitrogens is 1. The van der Waals surface area contributed by atoms with Crippen LogP contribution in [0, 0.1) is 11.3 Å². The molecular weight excluding hydrogens is 302 g/mol. The number of hydrogen-bond donors (Lipinski definition) is 2. The van der Waals surface area contributed by atoms with E-state index in [2.05, 4.69) is 21.7 Å². The fraction of sp³-hybridized carbons (Fsp3) is 0.611. The summed E-state index contributed by atoms with van der Waals surface area (Å²) in [4.78, 5) is 18.3. The number of amides is 1. The first-order valence-electron chi connectivity index (χ1n) is 8.86. The molecule has 1 saturated heterocycles. The van der Waals surface area contributed by atoms with Crippen LogP contribution in [0.4, 0.5) is 5.82 Å². The largest absolute Gasteiger partial charge is 0.367 e. The molecule has 1 aromatic rings. The minimum atomic E-state index is -0.224. The summed E-state index contributed by atoms with van der Waals surface area (Å²) in [5, 5.41) is 15.9. The first-order chi connectivity index (χ1) is 11.8. The minimum absolute atomic E-state index is 0.0628. The molecule has 1 aliphatic carbocycles. The van der Waals surface area contributed by atoms with Crippen LogP contribution in [-0.2, 0) is 4.79 Å². The molecule has 1 atom stereocenters. The Morgan fingerprint density at radius 3 is 2.75 bits per heavy atom. The number of carbonyl (C=O) groups is 1. The van der Waals surface area contributed by atoms with Gasteiger partial charge in [0.15, 0.2) is 0 Å². The third kappa shape index (κ3) is 4.24. The van der Waals surface area contributed by atoms with Crippen molar-refractivity contribution in [2.75, 3.05) is 18.4 Å². The van der Waals surface area contributed by atoms with Crippen molar-refractivity contribution >= 4 is 11.7 Å². The van der Waals surface area contributed by atoms with Gasteiger partial charge in [0, 0.05) is 24.8 Å². The SMILES string of the molecule is N#C[C@@H]1CCCN1C(=O)CNC1CCC(Nc2ccccn2)CC1. The molecule has 2 heterocycles. The van der Waals surface area contributed by atoms with Crippen LogP contribution >= 0.6 is 0 Å². The van der Waals surface area contributed by atoms with E-state index in [1.165, 1.54) is 0 Å². The molecule has 2 fully saturated rings. The lowest BCUT2D eigenvalue weighted by Gasteiger charge is -2.30. The zero-order valence-corrected chi connectivity index (χ0v) is 13.9. The number of likely N-dealkylation sites (tertiary alicyclic amines) is 1. The third-order valence-electron chi connectivity index (χ3n) is 5.01. The molecule has 1 aromatic heterocycles. The van der Waals surface area contributed by atoms with Crippen molar-refractivity contribution in [2.45, 2.75) is 56.7 Å². The van der Waals surface area contributed by atoms with Crippen molar-refractivity contribution in [1.29, 1.82) is 5.26 Å². The zero-order chi connectivity index (χ0) is 16.8. The van der Waals surface area contributed by atoms with Gasteiger partial charge in [-0.2, -0.15) is 5.26 Å². The van der Waals surface area contributed by atoms with Crippen molar-refractivity contribution in [2.24, 2.45) is 0 Å². The van der Waals surface area contributed by atoms with Gasteiger partial charge < -0.3 is 15.5 Å². The first-order valence-corrected chi connectivity index (χ1v) is 8.86. The Labute approximate surface area is 143 Å². The van der Waals surface area contributed by atoms with Crippen LogP contribution in [0.3, 0.4) is 0 Å². The lowest BCUT2D eigenvalue weighted by Crippen LogP contribution is -2.45. The summed E-state index contributed by atoms with van der Waals surface area (Å²) in [6, 6.07) is 8.74. The normalized spacial score (nSPS) is 26.8. The second kappa shape index (κ2) is 8.11. The van der Waals surface area contributed by atoms with E-state index in [0.29, 0.717) is 18.6 Å². The Bertz CT molecular complexity index is 577. The standard InChI is InChI=1S/C18H25N5O/c19-12-16-4-3-11-23(16)18(24)13-21-14-6-8-15(9-7-14)22-17-5-1-2-10-20-17/h1-2,5,10,14-16,21H,3-4,6-9,11,13H2,(H,20,22)/t14?,15?,16-/m0/s1. The third-order valence-corrected chi connectivity index (χ3v) is 5.01. The maximum absolute atomic E-state index is 12.3. The van der Waals surface area contributed by atoms with Crippen molar-refractivity contribution in [3.8, 4) is 6.07 Å². The highest BCUT2D eigenvalue weighted by Crippen LogP contribution is 2.22. The topological polar surface area (TPSA) is 81.0 Å². The van der Waals surface area contributed by atoms with Crippen LogP contribution in [0.1, 0.15) is 38.5 Å². The molecule has 1 amide bonds. The molecule has 1 saturated carbocycles. The molecule has 0 aromatic carbocycles. The quantitative estimate of drug-likeness (QED) is 0.863. The molecule has 0 radical (unpaired) electrons. The highest BCUT2D eigenvalue weighted by Gasteiger charge is 2.29. The summed E-state index contributed by atoms with van der Waals surface area (Å²) >= 11 is 0. The number of carbonyl (C=O) groups excluding carboxylic acids is 1. The van der Waals surface area contributed by atoms with Crippen molar-refractivity contribution < 1.29 is 4.79 Å². The molecule has 2 aliphatic rings. The van der Waals surface area contributed by atoms with E-state index >= 15 is 0 Å². The van der Waals surface area contributed by atoms with E-state index in [4.69, 9.17) is 5.26 Å². The highest BCUT2D eigenvalue weighted by molar-refractivity contribution is 5.79. The highest BCUT2D eigenvalue weighted by atomic mass is 16.2. The molecule has 6 heteroatoms. The second-order valence-electron chi connectivity index (χ2n) is 6.66. The number of hydrogen-bond acceptors (Lipinski definition) is 5. The summed E-state index contributed by atoms with van der Waals surface area (Å²) in [7, 11) is 0. The van der Waals surface area contributed by atoms with Gasteiger partial charge in [-0.15, -0.1) is 0 Å². The summed E-state index contributed by atoms with van der Waals surface area (Å²) in [6.45, 7) is 1.07. The van der Waals surface area contributed by atoms with Crippen LogP contribution in [0.25, 0.3) is 0 Å². The van der Waals surface area contributed by atoms with E-state index in [9.17, 15) is 4.79 Å². The predicted octanol–water partition coefficient (Wildman–Crippen LogP) is 1.91. The van der Waals surface area contributed by atoms with Gasteiger partial charge in [-0.05, 0) is 50.7 Å². The molecular formula is C18H25N5O. The summed E-state index contributed by atoms with van der Waals surface area (Å²) in [5.74, 6) is 0.994. The molecule has 0 spiro atoms. The number of nitrogens with zero attached hydrogens (tertiary/aromatic N) is 3. The Kier molecular flexibility index (Phi) is 5.65. The monoisotopic (exact) mass is 327 g/mol. The zero-order valence-electron chi connectivity index (χ0n) is 13.9. The lowest BCUT2D eigenvalue weighted by molar-refractivity contribution is -0.130. The lowest BCUT2D eigenvalue weighted by atomic mass is 9.91. The molecule has 24 heavy (non-hydrogen) atoms. The maximum Gasteiger partial charge on any atom is 0.237 e. The summed E-state index contributed by atoms with van der Waals surface area (Å²) in [6.07, 6.45) is 7.81. The van der Waals surface area contributed by atoms with Gasteiger partial charge in [0.1, 0.15) is 11.9 Å². The summed E-state index contributed by atoms with van der Waals surface area (Å²) < 4.78 is 0. The van der Waals surface area contributed by atoms with Crippen LogP contribution < -0.4 is 10.6 Å². The van der Waals surface area contributed by atoms with Gasteiger partial charge in [0.25, 0.3) is 0 Å². The van der Waals surface area contributed by atoms with Crippen LogP contribution in [0.5, 0.6) is 0 Å². The van der Waals surface area contributed by atoms with E-state index in [1.807, 2.05) is 18.2 Å². The second-order valence-corrected chi connectivity index (χ2v) is 6.66. The molecule has 6 nitrogen and oxygen atoms in total. The van der Waals surface area contributed by atoms with E-state index < -0.39 is 0 Å². The van der Waals surface area contributed by atoms with Crippen molar-refractivity contribution in [3.05, 3.63) is 24.4 Å². The fourth-order valence-corrected chi connectivity index (χ4v) is 3.63. The minimum Gasteiger partial charge on any atom is -0.367 e. The smallest absolute Gasteiger partial charge is 0.237 e. The molecule has 0 unspecified atom stereocenters. The van der Waals surface area contributed by atoms with Gasteiger partial charge >= 0.3 is 0 Å². The molecule has 0 bridgehead atoms. The maximum atomic E-state index is 12.3. The molecule has 128 valence electrons. The van der Waals surface area contributed by atoms with Crippen LogP contribution in [0.15, 0.2) is 24.4 Å². The van der Waals surface area contributed by atoms with E-state index in [1.54, 1.807) is 11.1 Å². The van der Waals surface area contributed by atoms with Gasteiger partial charge in [0.05, 0.1) is 12.6 Å². The average Bonchev–Trinajstić information content (AvgIpc) is 3.10. The molecule has 3 rings (SSSR count).